The molecule has 0 aliphatic heterocycles. The van der Waals surface area contributed by atoms with E-state index in [1.807, 2.05) is 0 Å². The number of sulfone groups is 1. The van der Waals surface area contributed by atoms with E-state index in [-0.39, 0.29) is 4.90 Å². The van der Waals surface area contributed by atoms with E-state index in [0.717, 1.165) is 0 Å². The largest absolute Gasteiger partial charge is 0.241 e. The predicted octanol–water partition coefficient (Wildman–Crippen LogP) is 3.82. The molecule has 0 amide bonds. The molecule has 5 heteroatoms. The Morgan fingerprint density at radius 3 is 2.16 bits per heavy atom. The summed E-state index contributed by atoms with van der Waals surface area (Å²) in [6.45, 7) is 0. The lowest BCUT2D eigenvalue weighted by Crippen LogP contribution is -2.12. The molecule has 0 N–H and O–H groups in total. The fraction of sp³-hybridized carbons (Fsp3) is 0.143. The van der Waals surface area contributed by atoms with Crippen LogP contribution in [0.2, 0.25) is 5.02 Å². The summed E-state index contributed by atoms with van der Waals surface area (Å²) in [6, 6.07) is 14.0. The van der Waals surface area contributed by atoms with E-state index in [1.54, 1.807) is 30.3 Å². The predicted molar refractivity (Wildman–Crippen MR) is 73.8 cm³/mol. The van der Waals surface area contributed by atoms with E-state index >= 15 is 0 Å². The molecule has 2 nitrogen and oxygen atoms in total. The minimum absolute atomic E-state index is 0.0791. The summed E-state index contributed by atoms with van der Waals surface area (Å²) in [5.74, 6) is -0.571. The third-order valence-corrected chi connectivity index (χ3v) is 4.67. The van der Waals surface area contributed by atoms with Crippen LogP contribution >= 0.6 is 11.6 Å². The first-order valence-corrected chi connectivity index (χ1v) is 7.69. The van der Waals surface area contributed by atoms with Crippen LogP contribution in [0, 0.1) is 0 Å². The van der Waals surface area contributed by atoms with Crippen LogP contribution in [0.15, 0.2) is 59.5 Å². The van der Waals surface area contributed by atoms with Gasteiger partial charge in [-0.3, -0.25) is 0 Å². The summed E-state index contributed by atoms with van der Waals surface area (Å²) < 4.78 is 38.1. The highest BCUT2D eigenvalue weighted by Crippen LogP contribution is 2.23. The van der Waals surface area contributed by atoms with E-state index in [1.165, 1.54) is 24.3 Å². The molecule has 100 valence electrons. The van der Waals surface area contributed by atoms with Crippen LogP contribution in [0.1, 0.15) is 11.7 Å². The molecule has 0 saturated carbocycles. The van der Waals surface area contributed by atoms with Gasteiger partial charge in [-0.25, -0.2) is 12.8 Å². The fourth-order valence-corrected chi connectivity index (χ4v) is 3.14. The number of hydrogen-bond donors (Lipinski definition) is 0. The Morgan fingerprint density at radius 1 is 1.00 bits per heavy atom. The second-order valence-corrected chi connectivity index (χ2v) is 6.58. The standard InChI is InChI=1S/C14H12ClFO2S/c15-12-6-8-13(9-7-12)19(17,18)10-14(16)11-4-2-1-3-5-11/h1-9,14H,10H2. The zero-order chi connectivity index (χ0) is 13.9. The first kappa shape index (κ1) is 14.0. The molecule has 0 aliphatic rings. The van der Waals surface area contributed by atoms with Gasteiger partial charge in [-0.05, 0) is 29.8 Å². The second kappa shape index (κ2) is 5.72. The molecule has 0 heterocycles. The summed E-state index contributed by atoms with van der Waals surface area (Å²) in [6.07, 6.45) is -1.54. The molecule has 0 radical (unpaired) electrons. The van der Waals surface area contributed by atoms with Gasteiger partial charge < -0.3 is 0 Å². The lowest BCUT2D eigenvalue weighted by molar-refractivity contribution is 0.374. The van der Waals surface area contributed by atoms with Crippen LogP contribution < -0.4 is 0 Å². The summed E-state index contributed by atoms with van der Waals surface area (Å²) in [7, 11) is -3.66. The number of halogens is 2. The van der Waals surface area contributed by atoms with Crippen LogP contribution in [0.5, 0.6) is 0 Å². The maximum absolute atomic E-state index is 14.0. The minimum atomic E-state index is -3.66. The summed E-state index contributed by atoms with van der Waals surface area (Å²) >= 11 is 5.69. The fourth-order valence-electron chi connectivity index (χ4n) is 1.69. The van der Waals surface area contributed by atoms with Gasteiger partial charge in [0.15, 0.2) is 9.84 Å². The van der Waals surface area contributed by atoms with Gasteiger partial charge in [0, 0.05) is 5.02 Å². The number of alkyl halides is 1. The summed E-state index contributed by atoms with van der Waals surface area (Å²) in [5, 5.41) is 0.443. The molecule has 19 heavy (non-hydrogen) atoms. The Balaban J connectivity index is 2.20. The van der Waals surface area contributed by atoms with E-state index in [9.17, 15) is 12.8 Å². The zero-order valence-corrected chi connectivity index (χ0v) is 11.5. The van der Waals surface area contributed by atoms with Crippen LogP contribution in [0.4, 0.5) is 4.39 Å². The quantitative estimate of drug-likeness (QED) is 0.860. The zero-order valence-electron chi connectivity index (χ0n) is 9.96. The van der Waals surface area contributed by atoms with Crippen molar-refractivity contribution in [1.29, 1.82) is 0 Å². The molecule has 1 atom stereocenters. The van der Waals surface area contributed by atoms with E-state index in [0.29, 0.717) is 10.6 Å². The third kappa shape index (κ3) is 3.55. The Morgan fingerprint density at radius 2 is 1.58 bits per heavy atom. The first-order chi connectivity index (χ1) is 8.99. The molecule has 0 saturated heterocycles. The van der Waals surface area contributed by atoms with Crippen molar-refractivity contribution in [3.8, 4) is 0 Å². The van der Waals surface area contributed by atoms with Gasteiger partial charge in [0.05, 0.1) is 10.6 Å². The SMILES string of the molecule is O=S(=O)(CC(F)c1ccccc1)c1ccc(Cl)cc1. The maximum Gasteiger partial charge on any atom is 0.181 e. The topological polar surface area (TPSA) is 34.1 Å². The van der Waals surface area contributed by atoms with Crippen LogP contribution in [-0.4, -0.2) is 14.2 Å². The smallest absolute Gasteiger partial charge is 0.181 e. The van der Waals surface area contributed by atoms with Gasteiger partial charge in [-0.2, -0.15) is 0 Å². The highest BCUT2D eigenvalue weighted by Gasteiger charge is 2.22. The van der Waals surface area contributed by atoms with Gasteiger partial charge in [0.1, 0.15) is 6.17 Å². The molecular weight excluding hydrogens is 287 g/mol. The second-order valence-electron chi connectivity index (χ2n) is 4.11. The molecular formula is C14H12ClFO2S. The van der Waals surface area contributed by atoms with Crippen LogP contribution in [0.25, 0.3) is 0 Å². The average molecular weight is 299 g/mol. The van der Waals surface area contributed by atoms with Gasteiger partial charge in [0.25, 0.3) is 0 Å². The van der Waals surface area contributed by atoms with Crippen molar-refractivity contribution in [2.24, 2.45) is 0 Å². The highest BCUT2D eigenvalue weighted by atomic mass is 35.5. The minimum Gasteiger partial charge on any atom is -0.241 e. The Bertz CT molecular complexity index is 639. The number of benzene rings is 2. The summed E-state index contributed by atoms with van der Waals surface area (Å²) in [5.41, 5.74) is 0.361. The lowest BCUT2D eigenvalue weighted by atomic mass is 10.1. The van der Waals surface area contributed by atoms with Crippen LogP contribution in [-0.2, 0) is 9.84 Å². The average Bonchev–Trinajstić information content (AvgIpc) is 2.40. The van der Waals surface area contributed by atoms with Gasteiger partial charge in [-0.15, -0.1) is 0 Å². The molecule has 2 aromatic carbocycles. The van der Waals surface area contributed by atoms with Crippen LogP contribution in [0.3, 0.4) is 0 Å². The first-order valence-electron chi connectivity index (χ1n) is 5.66. The van der Waals surface area contributed by atoms with Crippen molar-refractivity contribution >= 4 is 21.4 Å². The van der Waals surface area contributed by atoms with Gasteiger partial charge in [-0.1, -0.05) is 41.9 Å². The molecule has 2 aromatic rings. The summed E-state index contributed by atoms with van der Waals surface area (Å²) in [4.78, 5) is 0.0791. The van der Waals surface area contributed by atoms with E-state index in [4.69, 9.17) is 11.6 Å². The van der Waals surface area contributed by atoms with E-state index < -0.39 is 21.8 Å². The molecule has 0 fully saturated rings. The van der Waals surface area contributed by atoms with Crippen molar-refractivity contribution in [3.05, 3.63) is 65.2 Å². The number of rotatable bonds is 4. The molecule has 2 rings (SSSR count). The normalized spacial score (nSPS) is 13.2. The monoisotopic (exact) mass is 298 g/mol. The number of hydrogen-bond acceptors (Lipinski definition) is 2. The van der Waals surface area contributed by atoms with Crippen molar-refractivity contribution in [1.82, 2.24) is 0 Å². The maximum atomic E-state index is 14.0. The molecule has 0 aliphatic carbocycles. The van der Waals surface area contributed by atoms with Crippen molar-refractivity contribution in [3.63, 3.8) is 0 Å². The van der Waals surface area contributed by atoms with Crippen molar-refractivity contribution in [2.45, 2.75) is 11.1 Å². The highest BCUT2D eigenvalue weighted by molar-refractivity contribution is 7.91. The third-order valence-electron chi connectivity index (χ3n) is 2.70. The molecule has 1 unspecified atom stereocenters. The Kier molecular flexibility index (Phi) is 4.22. The Hall–Kier alpha value is -1.39. The van der Waals surface area contributed by atoms with Gasteiger partial charge in [0.2, 0.25) is 0 Å². The lowest BCUT2D eigenvalue weighted by Gasteiger charge is -2.09. The van der Waals surface area contributed by atoms with Crippen molar-refractivity contribution < 1.29 is 12.8 Å². The molecule has 0 spiro atoms. The van der Waals surface area contributed by atoms with E-state index in [2.05, 4.69) is 0 Å². The van der Waals surface area contributed by atoms with Gasteiger partial charge >= 0.3 is 0 Å². The molecule has 0 bridgehead atoms. The molecule has 0 aromatic heterocycles. The Labute approximate surface area is 116 Å². The van der Waals surface area contributed by atoms with Crippen molar-refractivity contribution in [2.75, 3.05) is 5.75 Å².